The molecule has 0 unspecified atom stereocenters. The van der Waals surface area contributed by atoms with E-state index in [4.69, 9.17) is 4.74 Å². The molecule has 1 heterocycles. The molecular weight excluding hydrogens is 198 g/mol. The van der Waals surface area contributed by atoms with Crippen LogP contribution in [0.1, 0.15) is 5.56 Å². The summed E-state index contributed by atoms with van der Waals surface area (Å²) < 4.78 is 5.16. The molecule has 80 valence electrons. The maximum atomic E-state index is 5.16. The highest BCUT2D eigenvalue weighted by Gasteiger charge is 2.11. The smallest absolute Gasteiger partial charge is 0.0862 e. The standard InChI is InChI=1S/C14H13NO/c1-16-9-12-8-11-6-2-4-10-5-3-7-13(15-12)14(10)11/h2-8,15H,9H2,1H3. The summed E-state index contributed by atoms with van der Waals surface area (Å²) in [7, 11) is 1.71. The average molecular weight is 211 g/mol. The van der Waals surface area contributed by atoms with Crippen LogP contribution in [0, 0.1) is 0 Å². The second-order valence-electron chi connectivity index (χ2n) is 3.98. The molecule has 0 fully saturated rings. The van der Waals surface area contributed by atoms with Gasteiger partial charge in [-0.2, -0.15) is 0 Å². The summed E-state index contributed by atoms with van der Waals surface area (Å²) in [5.74, 6) is 0. The van der Waals surface area contributed by atoms with Gasteiger partial charge in [0.25, 0.3) is 0 Å². The summed E-state index contributed by atoms with van der Waals surface area (Å²) in [6, 6.07) is 12.7. The summed E-state index contributed by atoms with van der Waals surface area (Å²) in [4.78, 5) is 0. The fourth-order valence-corrected chi connectivity index (χ4v) is 2.22. The highest BCUT2D eigenvalue weighted by atomic mass is 16.5. The lowest BCUT2D eigenvalue weighted by molar-refractivity contribution is 0.227. The van der Waals surface area contributed by atoms with Crippen LogP contribution in [0.5, 0.6) is 0 Å². The highest BCUT2D eigenvalue weighted by Crippen LogP contribution is 2.32. The third-order valence-corrected chi connectivity index (χ3v) is 2.86. The Balaban J connectivity index is 2.23. The molecule has 2 aromatic carbocycles. The van der Waals surface area contributed by atoms with Crippen molar-refractivity contribution in [2.75, 3.05) is 19.0 Å². The molecule has 0 radical (unpaired) electrons. The number of benzene rings is 2. The van der Waals surface area contributed by atoms with Crippen LogP contribution >= 0.6 is 0 Å². The van der Waals surface area contributed by atoms with Crippen molar-refractivity contribution in [3.8, 4) is 0 Å². The molecular formula is C14H13NO. The Bertz CT molecular complexity index is 567. The third-order valence-electron chi connectivity index (χ3n) is 2.86. The fraction of sp³-hybridized carbons (Fsp3) is 0.143. The Kier molecular flexibility index (Phi) is 2.15. The van der Waals surface area contributed by atoms with Crippen molar-refractivity contribution in [3.05, 3.63) is 47.7 Å². The zero-order valence-corrected chi connectivity index (χ0v) is 9.16. The highest BCUT2D eigenvalue weighted by molar-refractivity contribution is 6.03. The number of anilines is 1. The molecule has 0 saturated carbocycles. The lowest BCUT2D eigenvalue weighted by Crippen LogP contribution is -2.09. The molecule has 0 atom stereocenters. The van der Waals surface area contributed by atoms with Gasteiger partial charge in [-0.1, -0.05) is 30.3 Å². The van der Waals surface area contributed by atoms with Crippen molar-refractivity contribution >= 4 is 22.5 Å². The van der Waals surface area contributed by atoms with E-state index >= 15 is 0 Å². The van der Waals surface area contributed by atoms with E-state index in [9.17, 15) is 0 Å². The Morgan fingerprint density at radius 3 is 2.75 bits per heavy atom. The van der Waals surface area contributed by atoms with E-state index in [2.05, 4.69) is 47.8 Å². The summed E-state index contributed by atoms with van der Waals surface area (Å²) >= 11 is 0. The lowest BCUT2D eigenvalue weighted by Gasteiger charge is -2.19. The van der Waals surface area contributed by atoms with Crippen molar-refractivity contribution < 1.29 is 4.74 Å². The molecule has 0 spiro atoms. The quantitative estimate of drug-likeness (QED) is 0.823. The molecule has 0 bridgehead atoms. The van der Waals surface area contributed by atoms with Crippen LogP contribution in [0.2, 0.25) is 0 Å². The average Bonchev–Trinajstić information content (AvgIpc) is 2.30. The number of ether oxygens (including phenoxy) is 1. The van der Waals surface area contributed by atoms with Gasteiger partial charge in [0.15, 0.2) is 0 Å². The van der Waals surface area contributed by atoms with Gasteiger partial charge in [-0.25, -0.2) is 0 Å². The van der Waals surface area contributed by atoms with Crippen LogP contribution < -0.4 is 5.32 Å². The predicted octanol–water partition coefficient (Wildman–Crippen LogP) is 3.25. The largest absolute Gasteiger partial charge is 0.378 e. The minimum atomic E-state index is 0.616. The molecule has 0 saturated heterocycles. The summed E-state index contributed by atoms with van der Waals surface area (Å²) in [5, 5.41) is 5.97. The second kappa shape index (κ2) is 3.65. The van der Waals surface area contributed by atoms with Gasteiger partial charge in [0.1, 0.15) is 0 Å². The summed E-state index contributed by atoms with van der Waals surface area (Å²) in [6.45, 7) is 0.616. The van der Waals surface area contributed by atoms with E-state index < -0.39 is 0 Å². The normalized spacial score (nSPS) is 13.4. The Morgan fingerprint density at radius 2 is 1.94 bits per heavy atom. The molecule has 0 amide bonds. The van der Waals surface area contributed by atoms with Crippen LogP contribution in [0.3, 0.4) is 0 Å². The number of hydrogen-bond donors (Lipinski definition) is 1. The van der Waals surface area contributed by atoms with Gasteiger partial charge in [-0.3, -0.25) is 0 Å². The molecule has 16 heavy (non-hydrogen) atoms. The van der Waals surface area contributed by atoms with E-state index in [1.54, 1.807) is 7.11 Å². The third kappa shape index (κ3) is 1.39. The zero-order chi connectivity index (χ0) is 11.0. The van der Waals surface area contributed by atoms with Gasteiger partial charge in [-0.15, -0.1) is 0 Å². The summed E-state index contributed by atoms with van der Waals surface area (Å²) in [5.41, 5.74) is 3.54. The van der Waals surface area contributed by atoms with Crippen molar-refractivity contribution in [3.63, 3.8) is 0 Å². The molecule has 3 rings (SSSR count). The van der Waals surface area contributed by atoms with E-state index in [0.717, 1.165) is 5.70 Å². The van der Waals surface area contributed by atoms with Gasteiger partial charge in [0.05, 0.1) is 6.61 Å². The SMILES string of the molecule is COCC1=Cc2cccc3cccc(c23)N1. The molecule has 0 aliphatic carbocycles. The van der Waals surface area contributed by atoms with E-state index in [1.165, 1.54) is 22.0 Å². The fourth-order valence-electron chi connectivity index (χ4n) is 2.22. The molecule has 2 nitrogen and oxygen atoms in total. The van der Waals surface area contributed by atoms with Gasteiger partial charge >= 0.3 is 0 Å². The minimum Gasteiger partial charge on any atom is -0.378 e. The molecule has 2 heteroatoms. The first-order valence-electron chi connectivity index (χ1n) is 5.37. The van der Waals surface area contributed by atoms with Gasteiger partial charge < -0.3 is 10.1 Å². The van der Waals surface area contributed by atoms with E-state index in [-0.39, 0.29) is 0 Å². The van der Waals surface area contributed by atoms with E-state index in [0.29, 0.717) is 6.61 Å². The number of hydrogen-bond acceptors (Lipinski definition) is 2. The van der Waals surface area contributed by atoms with Crippen molar-refractivity contribution in [2.24, 2.45) is 0 Å². The monoisotopic (exact) mass is 211 g/mol. The summed E-state index contributed by atoms with van der Waals surface area (Å²) in [6.07, 6.45) is 2.15. The molecule has 1 N–H and O–H groups in total. The van der Waals surface area contributed by atoms with E-state index in [1.807, 2.05) is 0 Å². The maximum absolute atomic E-state index is 5.16. The van der Waals surface area contributed by atoms with Crippen LogP contribution in [0.25, 0.3) is 16.8 Å². The topological polar surface area (TPSA) is 21.3 Å². The number of rotatable bonds is 2. The Hall–Kier alpha value is -1.80. The van der Waals surface area contributed by atoms with Crippen molar-refractivity contribution in [1.82, 2.24) is 0 Å². The first kappa shape index (κ1) is 9.43. The van der Waals surface area contributed by atoms with Gasteiger partial charge in [0.2, 0.25) is 0 Å². The van der Waals surface area contributed by atoms with Crippen molar-refractivity contribution in [2.45, 2.75) is 0 Å². The van der Waals surface area contributed by atoms with Crippen LogP contribution in [-0.2, 0) is 4.74 Å². The van der Waals surface area contributed by atoms with Crippen LogP contribution in [0.15, 0.2) is 42.1 Å². The Morgan fingerprint density at radius 1 is 1.12 bits per heavy atom. The molecule has 1 aliphatic rings. The second-order valence-corrected chi connectivity index (χ2v) is 3.98. The first-order chi connectivity index (χ1) is 7.88. The van der Waals surface area contributed by atoms with Gasteiger partial charge in [0, 0.05) is 23.9 Å². The molecule has 0 aromatic heterocycles. The number of methoxy groups -OCH3 is 1. The lowest BCUT2D eigenvalue weighted by atomic mass is 9.99. The van der Waals surface area contributed by atoms with Crippen molar-refractivity contribution in [1.29, 1.82) is 0 Å². The molecule has 1 aliphatic heterocycles. The van der Waals surface area contributed by atoms with Crippen LogP contribution in [0.4, 0.5) is 5.69 Å². The Labute approximate surface area is 94.5 Å². The van der Waals surface area contributed by atoms with Crippen LogP contribution in [-0.4, -0.2) is 13.7 Å². The zero-order valence-electron chi connectivity index (χ0n) is 9.16. The predicted molar refractivity (Wildman–Crippen MR) is 67.4 cm³/mol. The first-order valence-corrected chi connectivity index (χ1v) is 5.37. The number of nitrogens with one attached hydrogen (secondary N) is 1. The molecule has 2 aromatic rings. The van der Waals surface area contributed by atoms with Gasteiger partial charge in [-0.05, 0) is 23.1 Å². The maximum Gasteiger partial charge on any atom is 0.0862 e. The minimum absolute atomic E-state index is 0.616.